The number of hydrogen-bond donors (Lipinski definition) is 0. The van der Waals surface area contributed by atoms with Crippen LogP contribution in [0.25, 0.3) is 6.08 Å². The van der Waals surface area contributed by atoms with Crippen LogP contribution >= 0.6 is 11.8 Å². The van der Waals surface area contributed by atoms with E-state index < -0.39 is 0 Å². The summed E-state index contributed by atoms with van der Waals surface area (Å²) in [5.41, 5.74) is 4.21. The second-order valence-electron chi connectivity index (χ2n) is 7.41. The van der Waals surface area contributed by atoms with Crippen LogP contribution in [0.15, 0.2) is 52.4 Å². The van der Waals surface area contributed by atoms with Crippen LogP contribution in [0.1, 0.15) is 37.0 Å². The Bertz CT molecular complexity index is 978. The summed E-state index contributed by atoms with van der Waals surface area (Å²) in [7, 11) is 0. The number of carbonyl (C=O) groups is 1. The molecule has 2 aromatic rings. The van der Waals surface area contributed by atoms with Crippen molar-refractivity contribution in [2.45, 2.75) is 39.7 Å². The molecule has 4 rings (SSSR count). The zero-order valence-corrected chi connectivity index (χ0v) is 17.3. The Balaban J connectivity index is 1.71. The van der Waals surface area contributed by atoms with E-state index in [0.717, 1.165) is 47.2 Å². The molecular formula is C23H24N2O2S. The Morgan fingerprint density at radius 2 is 2.07 bits per heavy atom. The molecule has 1 saturated heterocycles. The third kappa shape index (κ3) is 3.85. The second kappa shape index (κ2) is 7.84. The average molecular weight is 393 g/mol. The summed E-state index contributed by atoms with van der Waals surface area (Å²) in [6.07, 6.45) is 4.02. The monoisotopic (exact) mass is 392 g/mol. The minimum Gasteiger partial charge on any atom is -0.493 e. The molecule has 144 valence electrons. The summed E-state index contributed by atoms with van der Waals surface area (Å²) in [4.78, 5) is 20.4. The Morgan fingerprint density at radius 1 is 1.21 bits per heavy atom. The lowest BCUT2D eigenvalue weighted by atomic mass is 10.0. The van der Waals surface area contributed by atoms with Crippen LogP contribution in [0.4, 0.5) is 5.69 Å². The highest BCUT2D eigenvalue weighted by molar-refractivity contribution is 8.19. The van der Waals surface area contributed by atoms with Gasteiger partial charge in [0.1, 0.15) is 5.75 Å². The van der Waals surface area contributed by atoms with Gasteiger partial charge < -0.3 is 4.74 Å². The molecule has 0 atom stereocenters. The predicted octanol–water partition coefficient (Wildman–Crippen LogP) is 5.21. The van der Waals surface area contributed by atoms with Gasteiger partial charge in [0.2, 0.25) is 0 Å². The van der Waals surface area contributed by atoms with Gasteiger partial charge in [-0.1, -0.05) is 18.2 Å². The number of fused-ring (bicyclic) bond motifs is 1. The zero-order chi connectivity index (χ0) is 19.7. The van der Waals surface area contributed by atoms with E-state index >= 15 is 0 Å². The third-order valence-electron chi connectivity index (χ3n) is 4.67. The Hall–Kier alpha value is -2.53. The molecule has 0 radical (unpaired) electrons. The minimum atomic E-state index is -0.0241. The van der Waals surface area contributed by atoms with Crippen LogP contribution < -0.4 is 9.64 Å². The van der Waals surface area contributed by atoms with E-state index in [-0.39, 0.29) is 11.9 Å². The molecule has 28 heavy (non-hydrogen) atoms. The molecule has 4 nitrogen and oxygen atoms in total. The molecule has 2 aliphatic heterocycles. The van der Waals surface area contributed by atoms with Crippen LogP contribution in [0.2, 0.25) is 0 Å². The van der Waals surface area contributed by atoms with Gasteiger partial charge in [-0.25, -0.2) is 0 Å². The molecule has 1 amide bonds. The number of rotatable bonds is 3. The largest absolute Gasteiger partial charge is 0.493 e. The van der Waals surface area contributed by atoms with Crippen LogP contribution in [0.5, 0.6) is 5.75 Å². The number of nitrogens with zero attached hydrogens (tertiary/aromatic N) is 2. The van der Waals surface area contributed by atoms with E-state index in [9.17, 15) is 4.79 Å². The van der Waals surface area contributed by atoms with Crippen LogP contribution in [0.3, 0.4) is 0 Å². The van der Waals surface area contributed by atoms with Crippen molar-refractivity contribution >= 4 is 34.6 Å². The standard InChI is InChI=1S/C23H24N2O2S/c1-15(2)24-23-25(19-8-4-6-16(3)12-19)22(26)21(28-23)14-17-9-10-20-18(13-17)7-5-11-27-20/h4,6,8-10,12-15H,5,7,11H2,1-3H3/b21-14-,24-23?. The molecule has 0 bridgehead atoms. The highest BCUT2D eigenvalue weighted by Crippen LogP contribution is 2.37. The van der Waals surface area contributed by atoms with Gasteiger partial charge in [-0.05, 0) is 92.4 Å². The van der Waals surface area contributed by atoms with E-state index in [1.807, 2.05) is 63.2 Å². The Kier molecular flexibility index (Phi) is 5.27. The number of benzene rings is 2. The second-order valence-corrected chi connectivity index (χ2v) is 8.42. The molecule has 2 aliphatic rings. The van der Waals surface area contributed by atoms with Crippen molar-refractivity contribution in [3.8, 4) is 5.75 Å². The van der Waals surface area contributed by atoms with Gasteiger partial charge in [-0.2, -0.15) is 0 Å². The molecule has 0 N–H and O–H groups in total. The van der Waals surface area contributed by atoms with Crippen molar-refractivity contribution < 1.29 is 9.53 Å². The fraction of sp³-hybridized carbons (Fsp3) is 0.304. The van der Waals surface area contributed by atoms with E-state index in [1.54, 1.807) is 4.90 Å². The summed E-state index contributed by atoms with van der Waals surface area (Å²) in [5.74, 6) is 0.936. The van der Waals surface area contributed by atoms with Gasteiger partial charge >= 0.3 is 0 Å². The fourth-order valence-electron chi connectivity index (χ4n) is 3.40. The number of amides is 1. The molecule has 1 fully saturated rings. The molecule has 0 saturated carbocycles. The molecule has 0 aliphatic carbocycles. The number of carbonyl (C=O) groups excluding carboxylic acids is 1. The maximum absolute atomic E-state index is 13.2. The predicted molar refractivity (Wildman–Crippen MR) is 117 cm³/mol. The van der Waals surface area contributed by atoms with E-state index in [0.29, 0.717) is 4.91 Å². The Labute approximate surface area is 170 Å². The van der Waals surface area contributed by atoms with Crippen molar-refractivity contribution in [3.63, 3.8) is 0 Å². The van der Waals surface area contributed by atoms with E-state index in [4.69, 9.17) is 9.73 Å². The van der Waals surface area contributed by atoms with Crippen LogP contribution in [0, 0.1) is 6.92 Å². The highest BCUT2D eigenvalue weighted by Gasteiger charge is 2.34. The van der Waals surface area contributed by atoms with E-state index in [2.05, 4.69) is 6.07 Å². The molecule has 0 aromatic heterocycles. The van der Waals surface area contributed by atoms with Crippen molar-refractivity contribution in [1.29, 1.82) is 0 Å². The van der Waals surface area contributed by atoms with Gasteiger partial charge in [0.25, 0.3) is 5.91 Å². The number of hydrogen-bond acceptors (Lipinski definition) is 4. The molecule has 2 heterocycles. The maximum Gasteiger partial charge on any atom is 0.271 e. The number of anilines is 1. The molecule has 2 aromatic carbocycles. The summed E-state index contributed by atoms with van der Waals surface area (Å²) >= 11 is 1.44. The average Bonchev–Trinajstić information content (AvgIpc) is 2.96. The maximum atomic E-state index is 13.2. The van der Waals surface area contributed by atoms with Gasteiger partial charge in [-0.15, -0.1) is 0 Å². The third-order valence-corrected chi connectivity index (χ3v) is 5.65. The lowest BCUT2D eigenvalue weighted by Crippen LogP contribution is -2.29. The van der Waals surface area contributed by atoms with Gasteiger partial charge in [0.15, 0.2) is 5.17 Å². The summed E-state index contributed by atoms with van der Waals surface area (Å²) in [5, 5.41) is 0.734. The van der Waals surface area contributed by atoms with Gasteiger partial charge in [0.05, 0.1) is 17.2 Å². The van der Waals surface area contributed by atoms with Crippen LogP contribution in [-0.2, 0) is 11.2 Å². The van der Waals surface area contributed by atoms with Crippen molar-refractivity contribution in [1.82, 2.24) is 0 Å². The first-order valence-electron chi connectivity index (χ1n) is 9.65. The number of amidine groups is 1. The first-order chi connectivity index (χ1) is 13.5. The molecule has 5 heteroatoms. The zero-order valence-electron chi connectivity index (χ0n) is 16.4. The number of aryl methyl sites for hydroxylation is 2. The number of aliphatic imine (C=N–C) groups is 1. The summed E-state index contributed by atoms with van der Waals surface area (Å²) in [6.45, 7) is 6.86. The minimum absolute atomic E-state index is 0.0241. The van der Waals surface area contributed by atoms with Crippen molar-refractivity contribution in [2.75, 3.05) is 11.5 Å². The quantitative estimate of drug-likeness (QED) is 0.674. The Morgan fingerprint density at radius 3 is 2.86 bits per heavy atom. The summed E-state index contributed by atoms with van der Waals surface area (Å²) < 4.78 is 5.70. The first-order valence-corrected chi connectivity index (χ1v) is 10.5. The van der Waals surface area contributed by atoms with Gasteiger partial charge in [-0.3, -0.25) is 14.7 Å². The smallest absolute Gasteiger partial charge is 0.271 e. The van der Waals surface area contributed by atoms with Crippen LogP contribution in [-0.4, -0.2) is 23.7 Å². The molecule has 0 unspecified atom stereocenters. The normalized spacial score (nSPS) is 19.4. The SMILES string of the molecule is Cc1cccc(N2C(=O)/C(=C/c3ccc4c(c3)CCCO4)SC2=NC(C)C)c1. The highest BCUT2D eigenvalue weighted by atomic mass is 32.2. The van der Waals surface area contributed by atoms with Crippen molar-refractivity contribution in [3.05, 3.63) is 64.1 Å². The van der Waals surface area contributed by atoms with E-state index in [1.165, 1.54) is 17.3 Å². The van der Waals surface area contributed by atoms with Crippen molar-refractivity contribution in [2.24, 2.45) is 4.99 Å². The molecule has 0 spiro atoms. The lowest BCUT2D eigenvalue weighted by Gasteiger charge is -2.17. The topological polar surface area (TPSA) is 41.9 Å². The summed E-state index contributed by atoms with van der Waals surface area (Å²) in [6, 6.07) is 14.2. The lowest BCUT2D eigenvalue weighted by molar-refractivity contribution is -0.113. The first kappa shape index (κ1) is 18.8. The fourth-order valence-corrected chi connectivity index (χ4v) is 4.51. The van der Waals surface area contributed by atoms with Gasteiger partial charge in [0, 0.05) is 6.04 Å². The molecular weight excluding hydrogens is 368 g/mol. The number of thioether (sulfide) groups is 1. The number of ether oxygens (including phenoxy) is 1.